The molecule has 1 heterocycles. The van der Waals surface area contributed by atoms with Crippen molar-refractivity contribution in [1.29, 1.82) is 0 Å². The summed E-state index contributed by atoms with van der Waals surface area (Å²) < 4.78 is 5.03. The quantitative estimate of drug-likeness (QED) is 0.856. The molecule has 2 aromatic rings. The first-order valence-electron chi connectivity index (χ1n) is 4.90. The van der Waals surface area contributed by atoms with Crippen LogP contribution >= 0.6 is 23.2 Å². The fourth-order valence-corrected chi connectivity index (χ4v) is 1.91. The molecule has 0 aliphatic rings. The van der Waals surface area contributed by atoms with E-state index in [4.69, 9.17) is 27.6 Å². The molecule has 0 fully saturated rings. The molecule has 1 aromatic heterocycles. The van der Waals surface area contributed by atoms with Crippen molar-refractivity contribution in [1.82, 2.24) is 0 Å². The summed E-state index contributed by atoms with van der Waals surface area (Å²) in [5, 5.41) is 4.53. The molecule has 0 spiro atoms. The van der Waals surface area contributed by atoms with Gasteiger partial charge in [-0.25, -0.2) is 0 Å². The van der Waals surface area contributed by atoms with Gasteiger partial charge < -0.3 is 9.73 Å². The summed E-state index contributed by atoms with van der Waals surface area (Å²) in [6.07, 6.45) is 3.36. The summed E-state index contributed by atoms with van der Waals surface area (Å²) in [5.41, 5.74) is 1.94. The van der Waals surface area contributed by atoms with Gasteiger partial charge in [0.25, 0.3) is 0 Å². The molecule has 0 saturated carbocycles. The number of rotatable bonds is 3. The van der Waals surface area contributed by atoms with Crippen LogP contribution in [0, 0.1) is 0 Å². The number of hydrogen-bond donors (Lipinski definition) is 1. The molecule has 16 heavy (non-hydrogen) atoms. The molecular formula is C12H11Cl2NO. The lowest BCUT2D eigenvalue weighted by Gasteiger charge is -2.14. The number of halogens is 2. The second kappa shape index (κ2) is 4.81. The first kappa shape index (κ1) is 11.4. The van der Waals surface area contributed by atoms with Crippen LogP contribution in [-0.4, -0.2) is 0 Å². The van der Waals surface area contributed by atoms with Gasteiger partial charge in [-0.1, -0.05) is 23.2 Å². The van der Waals surface area contributed by atoms with Crippen molar-refractivity contribution in [3.63, 3.8) is 0 Å². The van der Waals surface area contributed by atoms with Crippen LogP contribution in [0.3, 0.4) is 0 Å². The summed E-state index contributed by atoms with van der Waals surface area (Å²) in [4.78, 5) is 0. The first-order valence-corrected chi connectivity index (χ1v) is 5.66. The van der Waals surface area contributed by atoms with Gasteiger partial charge in [0, 0.05) is 10.6 Å². The highest BCUT2D eigenvalue weighted by molar-refractivity contribution is 6.36. The fraction of sp³-hybridized carbons (Fsp3) is 0.167. The van der Waals surface area contributed by atoms with E-state index >= 15 is 0 Å². The summed E-state index contributed by atoms with van der Waals surface area (Å²) >= 11 is 11.9. The Morgan fingerprint density at radius 3 is 2.69 bits per heavy atom. The molecule has 1 unspecified atom stereocenters. The Kier molecular flexibility index (Phi) is 3.42. The van der Waals surface area contributed by atoms with Crippen LogP contribution in [0.25, 0.3) is 0 Å². The van der Waals surface area contributed by atoms with Gasteiger partial charge in [0.05, 0.1) is 29.3 Å². The average molecular weight is 256 g/mol. The van der Waals surface area contributed by atoms with E-state index in [1.807, 2.05) is 19.1 Å². The molecule has 1 atom stereocenters. The van der Waals surface area contributed by atoms with Gasteiger partial charge in [-0.05, 0) is 31.2 Å². The highest BCUT2D eigenvalue weighted by Gasteiger charge is 2.08. The largest absolute Gasteiger partial charge is 0.472 e. The molecule has 0 radical (unpaired) electrons. The van der Waals surface area contributed by atoms with Crippen LogP contribution in [0.2, 0.25) is 10.0 Å². The van der Waals surface area contributed by atoms with Gasteiger partial charge in [0.2, 0.25) is 0 Å². The Balaban J connectivity index is 2.15. The zero-order valence-corrected chi connectivity index (χ0v) is 10.2. The van der Waals surface area contributed by atoms with E-state index in [2.05, 4.69) is 5.32 Å². The van der Waals surface area contributed by atoms with Crippen molar-refractivity contribution < 1.29 is 4.42 Å². The minimum absolute atomic E-state index is 0.137. The van der Waals surface area contributed by atoms with Gasteiger partial charge in [0.1, 0.15) is 0 Å². The van der Waals surface area contributed by atoms with E-state index in [9.17, 15) is 0 Å². The minimum Gasteiger partial charge on any atom is -0.472 e. The summed E-state index contributed by atoms with van der Waals surface area (Å²) in [6.45, 7) is 2.04. The van der Waals surface area contributed by atoms with E-state index in [1.165, 1.54) is 0 Å². The molecule has 1 aromatic carbocycles. The van der Waals surface area contributed by atoms with Crippen molar-refractivity contribution in [3.05, 3.63) is 52.4 Å². The van der Waals surface area contributed by atoms with Gasteiger partial charge >= 0.3 is 0 Å². The average Bonchev–Trinajstić information content (AvgIpc) is 2.75. The smallest absolute Gasteiger partial charge is 0.0955 e. The zero-order valence-electron chi connectivity index (χ0n) is 8.71. The Hall–Kier alpha value is -1.12. The number of nitrogens with one attached hydrogen (secondary N) is 1. The number of furan rings is 1. The fourth-order valence-electron chi connectivity index (χ4n) is 1.44. The van der Waals surface area contributed by atoms with Crippen LogP contribution in [0.4, 0.5) is 5.69 Å². The molecule has 1 N–H and O–H groups in total. The third-order valence-electron chi connectivity index (χ3n) is 2.35. The van der Waals surface area contributed by atoms with Gasteiger partial charge in [-0.3, -0.25) is 0 Å². The molecule has 0 saturated heterocycles. The van der Waals surface area contributed by atoms with Crippen molar-refractivity contribution in [2.24, 2.45) is 0 Å². The molecule has 0 aliphatic carbocycles. The second-order valence-electron chi connectivity index (χ2n) is 3.55. The second-order valence-corrected chi connectivity index (χ2v) is 4.39. The maximum Gasteiger partial charge on any atom is 0.0955 e. The zero-order chi connectivity index (χ0) is 11.5. The maximum absolute atomic E-state index is 6.06. The van der Waals surface area contributed by atoms with Gasteiger partial charge in [0.15, 0.2) is 0 Å². The molecule has 4 heteroatoms. The van der Waals surface area contributed by atoms with Crippen molar-refractivity contribution in [2.75, 3.05) is 5.32 Å². The highest BCUT2D eigenvalue weighted by Crippen LogP contribution is 2.28. The molecular weight excluding hydrogens is 245 g/mol. The molecule has 2 rings (SSSR count). The molecule has 0 amide bonds. The van der Waals surface area contributed by atoms with Crippen LogP contribution in [0.15, 0.2) is 41.2 Å². The molecule has 2 nitrogen and oxygen atoms in total. The predicted molar refractivity (Wildman–Crippen MR) is 67.2 cm³/mol. The summed E-state index contributed by atoms with van der Waals surface area (Å²) in [7, 11) is 0. The number of benzene rings is 1. The van der Waals surface area contributed by atoms with E-state index in [0.29, 0.717) is 10.0 Å². The van der Waals surface area contributed by atoms with Crippen LogP contribution in [-0.2, 0) is 0 Å². The monoisotopic (exact) mass is 255 g/mol. The van der Waals surface area contributed by atoms with Crippen LogP contribution in [0.5, 0.6) is 0 Å². The van der Waals surface area contributed by atoms with E-state index in [1.54, 1.807) is 24.7 Å². The first-order chi connectivity index (χ1) is 7.66. The lowest BCUT2D eigenvalue weighted by molar-refractivity contribution is 0.562. The van der Waals surface area contributed by atoms with Crippen molar-refractivity contribution in [3.8, 4) is 0 Å². The molecule has 0 bridgehead atoms. The van der Waals surface area contributed by atoms with E-state index in [-0.39, 0.29) is 6.04 Å². The van der Waals surface area contributed by atoms with E-state index in [0.717, 1.165) is 11.3 Å². The SMILES string of the molecule is CC(Nc1ccc(Cl)cc1Cl)c1ccoc1. The summed E-state index contributed by atoms with van der Waals surface area (Å²) in [6, 6.07) is 7.44. The van der Waals surface area contributed by atoms with Crippen molar-refractivity contribution >= 4 is 28.9 Å². The maximum atomic E-state index is 6.06. The van der Waals surface area contributed by atoms with E-state index < -0.39 is 0 Å². The third-order valence-corrected chi connectivity index (χ3v) is 2.89. The Morgan fingerprint density at radius 1 is 1.25 bits per heavy atom. The number of anilines is 1. The topological polar surface area (TPSA) is 25.2 Å². The highest BCUT2D eigenvalue weighted by atomic mass is 35.5. The molecule has 84 valence electrons. The Labute approximate surface area is 104 Å². The van der Waals surface area contributed by atoms with Crippen molar-refractivity contribution in [2.45, 2.75) is 13.0 Å². The summed E-state index contributed by atoms with van der Waals surface area (Å²) in [5.74, 6) is 0. The number of hydrogen-bond acceptors (Lipinski definition) is 2. The third kappa shape index (κ3) is 2.52. The molecule has 0 aliphatic heterocycles. The van der Waals surface area contributed by atoms with Gasteiger partial charge in [-0.15, -0.1) is 0 Å². The van der Waals surface area contributed by atoms with Gasteiger partial charge in [-0.2, -0.15) is 0 Å². The Bertz CT molecular complexity index is 468. The van der Waals surface area contributed by atoms with Crippen LogP contribution in [0.1, 0.15) is 18.5 Å². The minimum atomic E-state index is 0.137. The Morgan fingerprint density at radius 2 is 2.06 bits per heavy atom. The predicted octanol–water partition coefficient (Wildman–Crippen LogP) is 4.76. The van der Waals surface area contributed by atoms with Crippen LogP contribution < -0.4 is 5.32 Å². The standard InChI is InChI=1S/C12H11Cl2NO/c1-8(9-4-5-16-7-9)15-12-3-2-10(13)6-11(12)14/h2-8,15H,1H3. The normalized spacial score (nSPS) is 12.4. The lowest BCUT2D eigenvalue weighted by Crippen LogP contribution is -2.05. The lowest BCUT2D eigenvalue weighted by atomic mass is 10.1.